The van der Waals surface area contributed by atoms with Crippen molar-refractivity contribution in [3.63, 3.8) is 0 Å². The van der Waals surface area contributed by atoms with Gasteiger partial charge in [-0.1, -0.05) is 108 Å². The number of aromatic nitrogens is 2. The quantitative estimate of drug-likeness (QED) is 0.0620. The minimum absolute atomic E-state index is 0.0420. The lowest BCUT2D eigenvalue weighted by Gasteiger charge is -2.18. The third-order valence-corrected chi connectivity index (χ3v) is 11.3. The monoisotopic (exact) mass is 822 g/mol. The van der Waals surface area contributed by atoms with Gasteiger partial charge in [0.2, 0.25) is 0 Å². The number of hydrogen-bond acceptors (Lipinski definition) is 4. The van der Waals surface area contributed by atoms with Crippen molar-refractivity contribution in [3.8, 4) is 22.3 Å². The predicted molar refractivity (Wildman–Crippen MR) is 220 cm³/mol. The van der Waals surface area contributed by atoms with Crippen LogP contribution in [0.1, 0.15) is 65.2 Å². The van der Waals surface area contributed by atoms with E-state index in [2.05, 4.69) is 79.1 Å². The molecule has 0 bridgehead atoms. The molecule has 0 fully saturated rings. The number of nitro groups is 2. The largest absolute Gasteiger partial charge is 0.340 e. The van der Waals surface area contributed by atoms with Crippen LogP contribution in [-0.2, 0) is 13.1 Å². The van der Waals surface area contributed by atoms with Gasteiger partial charge in [-0.2, -0.15) is 0 Å². The summed E-state index contributed by atoms with van der Waals surface area (Å²) in [5, 5.41) is 28.2. The minimum Gasteiger partial charge on any atom is -0.340 e. The highest BCUT2D eigenvalue weighted by molar-refractivity contribution is 9.10. The summed E-state index contributed by atoms with van der Waals surface area (Å²) < 4.78 is 6.59. The molecule has 0 N–H and O–H groups in total. The van der Waals surface area contributed by atoms with Gasteiger partial charge in [0.1, 0.15) is 0 Å². The van der Waals surface area contributed by atoms with Gasteiger partial charge in [0, 0.05) is 90.0 Å². The number of nitro benzene ring substituents is 2. The SMILES string of the molecule is CCCCCCn1c2ccc([N+](=O)[O-])cc2c2c(-c3ccc(Br)cc3)c3c(c(-c4ccc(Br)cc4)c21)c1cc([N+](=O)[O-])ccc1n3CCCCCC. The summed E-state index contributed by atoms with van der Waals surface area (Å²) in [5.41, 5.74) is 7.83. The van der Waals surface area contributed by atoms with Crippen molar-refractivity contribution in [1.29, 1.82) is 0 Å². The number of nitrogens with zero attached hydrogens (tertiary/aromatic N) is 4. The van der Waals surface area contributed by atoms with Crippen molar-refractivity contribution in [2.45, 2.75) is 78.3 Å². The maximum atomic E-state index is 12.3. The molecule has 2 heterocycles. The van der Waals surface area contributed by atoms with Crippen molar-refractivity contribution < 1.29 is 9.85 Å². The van der Waals surface area contributed by atoms with Gasteiger partial charge in [-0.05, 0) is 60.4 Å². The molecule has 2 aromatic heterocycles. The van der Waals surface area contributed by atoms with E-state index in [9.17, 15) is 20.2 Å². The van der Waals surface area contributed by atoms with Crippen LogP contribution in [0.25, 0.3) is 65.9 Å². The Morgan fingerprint density at radius 1 is 0.538 bits per heavy atom. The van der Waals surface area contributed by atoms with Gasteiger partial charge >= 0.3 is 0 Å². The molecule has 7 rings (SSSR count). The van der Waals surface area contributed by atoms with E-state index in [1.807, 2.05) is 36.4 Å². The first-order valence-corrected chi connectivity index (χ1v) is 19.7. The Morgan fingerprint density at radius 3 is 1.27 bits per heavy atom. The first-order chi connectivity index (χ1) is 25.2. The van der Waals surface area contributed by atoms with Gasteiger partial charge in [0.25, 0.3) is 11.4 Å². The normalized spacial score (nSPS) is 11.8. The summed E-state index contributed by atoms with van der Waals surface area (Å²) in [6.45, 7) is 5.85. The zero-order valence-corrected chi connectivity index (χ0v) is 32.5. The second kappa shape index (κ2) is 15.2. The fourth-order valence-corrected chi connectivity index (χ4v) is 8.36. The molecule has 7 aromatic rings. The molecule has 0 atom stereocenters. The van der Waals surface area contributed by atoms with E-state index in [1.165, 1.54) is 0 Å². The van der Waals surface area contributed by atoms with Crippen molar-refractivity contribution >= 4 is 86.8 Å². The Labute approximate surface area is 319 Å². The number of aryl methyl sites for hydroxylation is 2. The standard InChI is InChI=1S/C42H40Br2N4O4/c1-3-5-7-9-23-45-35-21-19-31(47(49)50)25-33(35)39-38(28-13-17-30(44)18-14-28)42-40(37(41(39)45)27-11-15-29(43)16-12-27)34-26-32(48(51)52)20-22-36(34)46(42)24-10-8-6-4-2/h11-22,25-26H,3-10,23-24H2,1-2H3. The maximum absolute atomic E-state index is 12.3. The van der Waals surface area contributed by atoms with E-state index in [1.54, 1.807) is 24.3 Å². The number of fused-ring (bicyclic) bond motifs is 6. The number of rotatable bonds is 14. The minimum atomic E-state index is -0.318. The van der Waals surface area contributed by atoms with Crippen LogP contribution in [0.3, 0.4) is 0 Å². The van der Waals surface area contributed by atoms with E-state index in [0.29, 0.717) is 0 Å². The molecule has 5 aromatic carbocycles. The fourth-order valence-electron chi connectivity index (χ4n) is 7.83. The summed E-state index contributed by atoms with van der Waals surface area (Å²) in [5.74, 6) is 0. The Balaban J connectivity index is 1.77. The van der Waals surface area contributed by atoms with Crippen LogP contribution < -0.4 is 0 Å². The van der Waals surface area contributed by atoms with E-state index < -0.39 is 0 Å². The summed E-state index contributed by atoms with van der Waals surface area (Å²) >= 11 is 7.27. The van der Waals surface area contributed by atoms with E-state index >= 15 is 0 Å². The summed E-state index contributed by atoms with van der Waals surface area (Å²) in [6.07, 6.45) is 8.45. The zero-order chi connectivity index (χ0) is 36.5. The molecule has 0 spiro atoms. The fraction of sp³-hybridized carbons (Fsp3) is 0.286. The smallest absolute Gasteiger partial charge is 0.270 e. The van der Waals surface area contributed by atoms with Gasteiger partial charge in [0.15, 0.2) is 0 Å². The van der Waals surface area contributed by atoms with Crippen LogP contribution in [0, 0.1) is 20.2 Å². The first kappa shape index (κ1) is 35.8. The molecule has 0 saturated heterocycles. The van der Waals surface area contributed by atoms with E-state index in [-0.39, 0.29) is 21.2 Å². The third-order valence-electron chi connectivity index (χ3n) is 10.2. The topological polar surface area (TPSA) is 96.1 Å². The highest BCUT2D eigenvalue weighted by Gasteiger charge is 2.29. The highest BCUT2D eigenvalue weighted by atomic mass is 79.9. The number of non-ortho nitro benzene ring substituents is 2. The van der Waals surface area contributed by atoms with Crippen LogP contribution in [-0.4, -0.2) is 19.0 Å². The van der Waals surface area contributed by atoms with Crippen LogP contribution in [0.4, 0.5) is 11.4 Å². The lowest BCUT2D eigenvalue weighted by atomic mass is 9.89. The van der Waals surface area contributed by atoms with E-state index in [4.69, 9.17) is 0 Å². The zero-order valence-electron chi connectivity index (χ0n) is 29.3. The Morgan fingerprint density at radius 2 is 0.923 bits per heavy atom. The highest BCUT2D eigenvalue weighted by Crippen LogP contribution is 2.51. The summed E-state index contributed by atoms with van der Waals surface area (Å²) in [7, 11) is 0. The molecule has 8 nitrogen and oxygen atoms in total. The predicted octanol–water partition coefficient (Wildman–Crippen LogP) is 13.7. The lowest BCUT2D eigenvalue weighted by molar-refractivity contribution is -0.384. The molecule has 0 aliphatic heterocycles. The molecule has 0 radical (unpaired) electrons. The summed E-state index contributed by atoms with van der Waals surface area (Å²) in [6, 6.07) is 27.0. The second-order valence-electron chi connectivity index (χ2n) is 13.6. The van der Waals surface area contributed by atoms with Gasteiger partial charge in [-0.25, -0.2) is 0 Å². The Hall–Kier alpha value is -4.54. The molecule has 0 amide bonds. The van der Waals surface area contributed by atoms with Crippen molar-refractivity contribution in [2.24, 2.45) is 0 Å². The van der Waals surface area contributed by atoms with Gasteiger partial charge < -0.3 is 9.13 Å². The van der Waals surface area contributed by atoms with Gasteiger partial charge in [-0.15, -0.1) is 0 Å². The molecular weight excluding hydrogens is 784 g/mol. The molecule has 0 aliphatic rings. The van der Waals surface area contributed by atoms with Gasteiger partial charge in [0.05, 0.1) is 20.9 Å². The Bertz CT molecular complexity index is 2290. The molecule has 266 valence electrons. The average molecular weight is 825 g/mol. The molecular formula is C42H40Br2N4O4. The Kier molecular flexibility index (Phi) is 10.5. The molecule has 52 heavy (non-hydrogen) atoms. The van der Waals surface area contributed by atoms with Crippen molar-refractivity contribution in [2.75, 3.05) is 0 Å². The van der Waals surface area contributed by atoms with Gasteiger partial charge in [-0.3, -0.25) is 20.2 Å². The van der Waals surface area contributed by atoms with Crippen LogP contribution in [0.2, 0.25) is 0 Å². The molecule has 0 unspecified atom stereocenters. The number of halogens is 2. The number of benzene rings is 5. The third kappa shape index (κ3) is 6.51. The average Bonchev–Trinajstić information content (AvgIpc) is 3.63. The molecule has 10 heteroatoms. The lowest BCUT2D eigenvalue weighted by Crippen LogP contribution is -2.02. The second-order valence-corrected chi connectivity index (χ2v) is 15.4. The van der Waals surface area contributed by atoms with Crippen LogP contribution in [0.5, 0.6) is 0 Å². The van der Waals surface area contributed by atoms with E-state index in [0.717, 1.165) is 139 Å². The maximum Gasteiger partial charge on any atom is 0.270 e. The van der Waals surface area contributed by atoms with Crippen molar-refractivity contribution in [3.05, 3.63) is 114 Å². The first-order valence-electron chi connectivity index (χ1n) is 18.1. The van der Waals surface area contributed by atoms with Crippen LogP contribution >= 0.6 is 31.9 Å². The molecule has 0 aliphatic carbocycles. The summed E-state index contributed by atoms with van der Waals surface area (Å²) in [4.78, 5) is 24.0. The van der Waals surface area contributed by atoms with Crippen LogP contribution in [0.15, 0.2) is 93.9 Å². The molecule has 0 saturated carbocycles. The number of hydrogen-bond donors (Lipinski definition) is 0. The number of unbranched alkanes of at least 4 members (excludes halogenated alkanes) is 6. The van der Waals surface area contributed by atoms with Crippen molar-refractivity contribution in [1.82, 2.24) is 9.13 Å².